The van der Waals surface area contributed by atoms with E-state index in [1.807, 2.05) is 25.3 Å². The number of hydrogen-bond acceptors (Lipinski definition) is 5. The maximum Gasteiger partial charge on any atom is 0.263 e. The van der Waals surface area contributed by atoms with Crippen molar-refractivity contribution < 1.29 is 4.79 Å². The van der Waals surface area contributed by atoms with Gasteiger partial charge in [0, 0.05) is 17.0 Å². The first kappa shape index (κ1) is 20.4. The van der Waals surface area contributed by atoms with Crippen LogP contribution in [0.4, 0.5) is 0 Å². The van der Waals surface area contributed by atoms with Crippen LogP contribution in [0.25, 0.3) is 10.2 Å². The van der Waals surface area contributed by atoms with Crippen molar-refractivity contribution in [2.24, 2.45) is 5.92 Å². The minimum Gasteiger partial charge on any atom is -0.353 e. The fourth-order valence-corrected chi connectivity index (χ4v) is 5.41. The summed E-state index contributed by atoms with van der Waals surface area (Å²) in [5, 5.41) is 4.48. The number of carbonyl (C=O) groups excluding carboxylic acids is 1. The molecule has 0 spiro atoms. The van der Waals surface area contributed by atoms with Gasteiger partial charge in [0.05, 0.1) is 11.1 Å². The summed E-state index contributed by atoms with van der Waals surface area (Å²) in [6.07, 6.45) is 4.32. The minimum absolute atomic E-state index is 0.00735. The first-order chi connectivity index (χ1) is 12.8. The lowest BCUT2D eigenvalue weighted by Gasteiger charge is -2.19. The smallest absolute Gasteiger partial charge is 0.263 e. The SMILES string of the molecule is Cc1sc2nc(SCC(=O)N[C@H](C)C(C)C)n(C3CCCC3)c(=O)c2c1C. The number of amides is 1. The molecule has 0 aromatic carbocycles. The predicted molar refractivity (Wildman–Crippen MR) is 114 cm³/mol. The Morgan fingerprint density at radius 3 is 2.59 bits per heavy atom. The normalized spacial score (nSPS) is 16.4. The Morgan fingerprint density at radius 2 is 1.96 bits per heavy atom. The van der Waals surface area contributed by atoms with Crippen LogP contribution < -0.4 is 10.9 Å². The second-order valence-electron chi connectivity index (χ2n) is 7.86. The maximum absolute atomic E-state index is 13.3. The molecule has 2 aromatic heterocycles. The number of nitrogens with zero attached hydrogens (tertiary/aromatic N) is 2. The van der Waals surface area contributed by atoms with E-state index in [9.17, 15) is 9.59 Å². The molecule has 1 atom stereocenters. The molecule has 3 rings (SSSR count). The van der Waals surface area contributed by atoms with E-state index in [-0.39, 0.29) is 29.3 Å². The Kier molecular flexibility index (Phi) is 6.31. The van der Waals surface area contributed by atoms with Crippen molar-refractivity contribution in [3.8, 4) is 0 Å². The lowest BCUT2D eigenvalue weighted by atomic mass is 10.1. The molecule has 0 aliphatic heterocycles. The van der Waals surface area contributed by atoms with E-state index in [4.69, 9.17) is 4.98 Å². The third kappa shape index (κ3) is 4.24. The highest BCUT2D eigenvalue weighted by molar-refractivity contribution is 7.99. The number of thiophene rings is 1. The molecule has 5 nitrogen and oxygen atoms in total. The number of carbonyl (C=O) groups is 1. The van der Waals surface area contributed by atoms with Crippen LogP contribution in [-0.4, -0.2) is 27.3 Å². The number of rotatable bonds is 6. The van der Waals surface area contributed by atoms with Crippen molar-refractivity contribution in [1.29, 1.82) is 0 Å². The van der Waals surface area contributed by atoms with Crippen molar-refractivity contribution in [3.63, 3.8) is 0 Å². The van der Waals surface area contributed by atoms with Crippen LogP contribution in [0.2, 0.25) is 0 Å². The van der Waals surface area contributed by atoms with Crippen LogP contribution in [0.3, 0.4) is 0 Å². The highest BCUT2D eigenvalue weighted by Crippen LogP contribution is 2.34. The van der Waals surface area contributed by atoms with Crippen molar-refractivity contribution >= 4 is 39.2 Å². The molecule has 7 heteroatoms. The summed E-state index contributed by atoms with van der Waals surface area (Å²) in [6, 6.07) is 0.335. The molecule has 1 aliphatic carbocycles. The summed E-state index contributed by atoms with van der Waals surface area (Å²) in [7, 11) is 0. The van der Waals surface area contributed by atoms with E-state index in [1.165, 1.54) is 11.8 Å². The lowest BCUT2D eigenvalue weighted by Crippen LogP contribution is -2.37. The fraction of sp³-hybridized carbons (Fsp3) is 0.650. The van der Waals surface area contributed by atoms with Gasteiger partial charge in [0.15, 0.2) is 5.16 Å². The zero-order valence-corrected chi connectivity index (χ0v) is 18.4. The van der Waals surface area contributed by atoms with Gasteiger partial charge in [-0.2, -0.15) is 0 Å². The second-order valence-corrected chi connectivity index (χ2v) is 10.0. The predicted octanol–water partition coefficient (Wildman–Crippen LogP) is 4.44. The van der Waals surface area contributed by atoms with Gasteiger partial charge in [-0.05, 0) is 45.1 Å². The van der Waals surface area contributed by atoms with E-state index < -0.39 is 0 Å². The average Bonchev–Trinajstić information content (AvgIpc) is 3.22. The standard InChI is InChI=1S/C20H29N3O2S2/c1-11(2)13(4)21-16(24)10-26-20-22-18-17(12(3)14(5)27-18)19(25)23(20)15-8-6-7-9-15/h11,13,15H,6-10H2,1-5H3,(H,21,24)/t13-/m1/s1. The van der Waals surface area contributed by atoms with Gasteiger partial charge in [-0.15, -0.1) is 11.3 Å². The molecular formula is C20H29N3O2S2. The minimum atomic E-state index is -0.00735. The molecule has 2 aromatic rings. The molecule has 0 saturated heterocycles. The molecule has 0 bridgehead atoms. The molecule has 0 unspecified atom stereocenters. The molecule has 1 saturated carbocycles. The number of hydrogen-bond donors (Lipinski definition) is 1. The fourth-order valence-electron chi connectivity index (χ4n) is 3.47. The number of aromatic nitrogens is 2. The first-order valence-corrected chi connectivity index (χ1v) is 11.5. The summed E-state index contributed by atoms with van der Waals surface area (Å²) in [6.45, 7) is 10.2. The highest BCUT2D eigenvalue weighted by Gasteiger charge is 2.25. The van der Waals surface area contributed by atoms with Gasteiger partial charge in [-0.25, -0.2) is 4.98 Å². The summed E-state index contributed by atoms with van der Waals surface area (Å²) >= 11 is 2.96. The van der Waals surface area contributed by atoms with E-state index in [2.05, 4.69) is 19.2 Å². The summed E-state index contributed by atoms with van der Waals surface area (Å²) in [4.78, 5) is 32.4. The van der Waals surface area contributed by atoms with Crippen LogP contribution in [0.1, 0.15) is 62.9 Å². The molecule has 0 radical (unpaired) electrons. The zero-order chi connectivity index (χ0) is 19.7. The summed E-state index contributed by atoms with van der Waals surface area (Å²) in [5.41, 5.74) is 1.10. The van der Waals surface area contributed by atoms with Gasteiger partial charge in [-0.3, -0.25) is 14.2 Å². The van der Waals surface area contributed by atoms with Crippen LogP contribution in [0.15, 0.2) is 9.95 Å². The van der Waals surface area contributed by atoms with E-state index >= 15 is 0 Å². The van der Waals surface area contributed by atoms with Crippen molar-refractivity contribution in [1.82, 2.24) is 14.9 Å². The van der Waals surface area contributed by atoms with Crippen molar-refractivity contribution in [2.45, 2.75) is 77.5 Å². The van der Waals surface area contributed by atoms with Gasteiger partial charge in [0.25, 0.3) is 5.56 Å². The van der Waals surface area contributed by atoms with Crippen molar-refractivity contribution in [3.05, 3.63) is 20.8 Å². The third-order valence-electron chi connectivity index (χ3n) is 5.61. The van der Waals surface area contributed by atoms with Crippen molar-refractivity contribution in [2.75, 3.05) is 5.75 Å². The molecule has 27 heavy (non-hydrogen) atoms. The van der Waals surface area contributed by atoms with Crippen LogP contribution in [0, 0.1) is 19.8 Å². The van der Waals surface area contributed by atoms with E-state index in [0.717, 1.165) is 46.3 Å². The van der Waals surface area contributed by atoms with Crippen LogP contribution in [0.5, 0.6) is 0 Å². The van der Waals surface area contributed by atoms with Gasteiger partial charge in [0.2, 0.25) is 5.91 Å². The zero-order valence-electron chi connectivity index (χ0n) is 16.8. The third-order valence-corrected chi connectivity index (χ3v) is 7.67. The maximum atomic E-state index is 13.3. The molecule has 1 amide bonds. The Morgan fingerprint density at radius 1 is 1.30 bits per heavy atom. The molecule has 2 heterocycles. The number of nitrogens with one attached hydrogen (secondary N) is 1. The molecular weight excluding hydrogens is 378 g/mol. The lowest BCUT2D eigenvalue weighted by molar-refractivity contribution is -0.119. The first-order valence-electron chi connectivity index (χ1n) is 9.74. The molecule has 148 valence electrons. The average molecular weight is 408 g/mol. The second kappa shape index (κ2) is 8.35. The van der Waals surface area contributed by atoms with Gasteiger partial charge >= 0.3 is 0 Å². The van der Waals surface area contributed by atoms with Gasteiger partial charge in [-0.1, -0.05) is 38.5 Å². The molecule has 1 fully saturated rings. The van der Waals surface area contributed by atoms with E-state index in [1.54, 1.807) is 11.3 Å². The van der Waals surface area contributed by atoms with Crippen LogP contribution in [-0.2, 0) is 4.79 Å². The largest absolute Gasteiger partial charge is 0.353 e. The molecule has 1 aliphatic rings. The topological polar surface area (TPSA) is 64.0 Å². The Bertz CT molecular complexity index is 895. The monoisotopic (exact) mass is 407 g/mol. The molecule has 1 N–H and O–H groups in total. The van der Waals surface area contributed by atoms with Gasteiger partial charge < -0.3 is 5.32 Å². The van der Waals surface area contributed by atoms with E-state index in [0.29, 0.717) is 11.1 Å². The van der Waals surface area contributed by atoms with Crippen LogP contribution >= 0.6 is 23.1 Å². The summed E-state index contributed by atoms with van der Waals surface area (Å²) in [5.74, 6) is 0.666. The van der Waals surface area contributed by atoms with Gasteiger partial charge in [0.1, 0.15) is 4.83 Å². The number of aryl methyl sites for hydroxylation is 2. The summed E-state index contributed by atoms with van der Waals surface area (Å²) < 4.78 is 1.87. The highest BCUT2D eigenvalue weighted by atomic mass is 32.2. The number of fused-ring (bicyclic) bond motifs is 1. The Labute approximate surface area is 169 Å². The quantitative estimate of drug-likeness (QED) is 0.568. The Balaban J connectivity index is 1.92. The number of thioether (sulfide) groups is 1. The Hall–Kier alpha value is -1.34.